The normalized spacial score (nSPS) is 26.4. The van der Waals surface area contributed by atoms with Crippen molar-refractivity contribution < 1.29 is 4.79 Å². The minimum absolute atomic E-state index is 0.0723. The second-order valence-electron chi connectivity index (χ2n) is 5.86. The summed E-state index contributed by atoms with van der Waals surface area (Å²) in [6.45, 7) is 10.1. The number of hydrogen-bond donors (Lipinski definition) is 2. The van der Waals surface area contributed by atoms with E-state index in [2.05, 4.69) is 31.0 Å². The number of amides is 1. The number of piperidine rings is 1. The fourth-order valence-corrected chi connectivity index (χ4v) is 3.09. The monoisotopic (exact) mass is 269 g/mol. The van der Waals surface area contributed by atoms with Crippen LogP contribution in [0.15, 0.2) is 0 Å². The van der Waals surface area contributed by atoms with Crippen LogP contribution in [-0.4, -0.2) is 42.0 Å². The molecule has 1 aliphatic heterocycles. The van der Waals surface area contributed by atoms with Crippen molar-refractivity contribution in [3.63, 3.8) is 0 Å². The van der Waals surface area contributed by atoms with E-state index in [9.17, 15) is 4.79 Å². The van der Waals surface area contributed by atoms with Crippen LogP contribution >= 0.6 is 0 Å². The molecule has 1 amide bonds. The van der Waals surface area contributed by atoms with Crippen molar-refractivity contribution in [1.29, 1.82) is 0 Å². The molecule has 0 aromatic heterocycles. The number of nitrogens with two attached hydrogens (primary N) is 1. The van der Waals surface area contributed by atoms with Gasteiger partial charge in [-0.15, -0.1) is 0 Å². The van der Waals surface area contributed by atoms with Crippen molar-refractivity contribution in [2.45, 2.75) is 71.5 Å². The summed E-state index contributed by atoms with van der Waals surface area (Å²) in [5.41, 5.74) is 5.90. The molecule has 1 fully saturated rings. The summed E-state index contributed by atoms with van der Waals surface area (Å²) >= 11 is 0. The Hall–Kier alpha value is -0.610. The number of hydrogen-bond acceptors (Lipinski definition) is 3. The van der Waals surface area contributed by atoms with Crippen molar-refractivity contribution in [2.24, 2.45) is 11.7 Å². The van der Waals surface area contributed by atoms with Gasteiger partial charge < -0.3 is 11.1 Å². The number of rotatable bonds is 6. The fourth-order valence-electron chi connectivity index (χ4n) is 3.09. The van der Waals surface area contributed by atoms with Gasteiger partial charge in [-0.05, 0) is 45.1 Å². The topological polar surface area (TPSA) is 58.4 Å². The minimum atomic E-state index is -0.0723. The molecule has 112 valence electrons. The smallest absolute Gasteiger partial charge is 0.237 e. The van der Waals surface area contributed by atoms with Gasteiger partial charge >= 0.3 is 0 Å². The molecule has 1 saturated heterocycles. The number of carbonyl (C=O) groups excluding carboxylic acids is 1. The van der Waals surface area contributed by atoms with E-state index in [1.807, 2.05) is 6.92 Å². The van der Waals surface area contributed by atoms with E-state index in [1.165, 1.54) is 12.8 Å². The third kappa shape index (κ3) is 4.18. The highest BCUT2D eigenvalue weighted by Gasteiger charge is 2.33. The van der Waals surface area contributed by atoms with E-state index < -0.39 is 0 Å². The van der Waals surface area contributed by atoms with Gasteiger partial charge in [-0.3, -0.25) is 9.69 Å². The molecular formula is C15H31N3O. The van der Waals surface area contributed by atoms with Crippen molar-refractivity contribution in [3.05, 3.63) is 0 Å². The summed E-state index contributed by atoms with van der Waals surface area (Å²) in [7, 11) is 0. The van der Waals surface area contributed by atoms with Gasteiger partial charge in [-0.25, -0.2) is 0 Å². The van der Waals surface area contributed by atoms with E-state index in [0.29, 0.717) is 24.5 Å². The van der Waals surface area contributed by atoms with Crippen LogP contribution in [0.1, 0.15) is 53.4 Å². The Labute approximate surface area is 118 Å². The Morgan fingerprint density at radius 3 is 2.58 bits per heavy atom. The molecule has 4 nitrogen and oxygen atoms in total. The Morgan fingerprint density at radius 1 is 1.42 bits per heavy atom. The maximum atomic E-state index is 12.3. The molecule has 1 aliphatic rings. The van der Waals surface area contributed by atoms with Gasteiger partial charge in [0.1, 0.15) is 0 Å². The standard InChI is InChI=1S/C15H31N3O/c1-5-13(6-2)17-15(19)12(4)18-9-7-8-11(3)14(18)10-16/h11-14H,5-10,16H2,1-4H3,(H,17,19). The second kappa shape index (κ2) is 7.85. The molecule has 1 rings (SSSR count). The minimum Gasteiger partial charge on any atom is -0.352 e. The summed E-state index contributed by atoms with van der Waals surface area (Å²) in [6.07, 6.45) is 4.37. The van der Waals surface area contributed by atoms with E-state index >= 15 is 0 Å². The van der Waals surface area contributed by atoms with Crippen LogP contribution in [0.5, 0.6) is 0 Å². The van der Waals surface area contributed by atoms with Gasteiger partial charge in [0.15, 0.2) is 0 Å². The summed E-state index contributed by atoms with van der Waals surface area (Å²) in [5, 5.41) is 3.15. The first-order chi connectivity index (χ1) is 9.04. The van der Waals surface area contributed by atoms with Crippen LogP contribution in [0.2, 0.25) is 0 Å². The molecule has 0 bridgehead atoms. The maximum absolute atomic E-state index is 12.3. The largest absolute Gasteiger partial charge is 0.352 e. The van der Waals surface area contributed by atoms with Gasteiger partial charge in [-0.2, -0.15) is 0 Å². The molecule has 3 N–H and O–H groups in total. The molecule has 0 aliphatic carbocycles. The zero-order valence-electron chi connectivity index (χ0n) is 13.0. The van der Waals surface area contributed by atoms with Gasteiger partial charge in [0.05, 0.1) is 6.04 Å². The van der Waals surface area contributed by atoms with Gasteiger partial charge in [-0.1, -0.05) is 20.8 Å². The number of nitrogens with one attached hydrogen (secondary N) is 1. The van der Waals surface area contributed by atoms with Crippen LogP contribution in [0.4, 0.5) is 0 Å². The first-order valence-electron chi connectivity index (χ1n) is 7.81. The lowest BCUT2D eigenvalue weighted by molar-refractivity contribution is -0.128. The lowest BCUT2D eigenvalue weighted by atomic mass is 9.89. The SMILES string of the molecule is CCC(CC)NC(=O)C(C)N1CCCC(C)C1CN. The molecule has 0 spiro atoms. The van der Waals surface area contributed by atoms with Crippen LogP contribution in [0.25, 0.3) is 0 Å². The van der Waals surface area contributed by atoms with E-state index in [4.69, 9.17) is 5.73 Å². The molecule has 0 saturated carbocycles. The van der Waals surface area contributed by atoms with Gasteiger partial charge in [0.2, 0.25) is 5.91 Å². The van der Waals surface area contributed by atoms with Crippen molar-refractivity contribution in [1.82, 2.24) is 10.2 Å². The molecule has 0 aromatic rings. The molecule has 3 unspecified atom stereocenters. The third-order valence-corrected chi connectivity index (χ3v) is 4.61. The Morgan fingerprint density at radius 2 is 2.05 bits per heavy atom. The first kappa shape index (κ1) is 16.4. The molecule has 0 aromatic carbocycles. The van der Waals surface area contributed by atoms with Crippen molar-refractivity contribution >= 4 is 5.91 Å². The lowest BCUT2D eigenvalue weighted by Crippen LogP contribution is -2.57. The summed E-state index contributed by atoms with van der Waals surface area (Å²) in [5.74, 6) is 0.739. The molecule has 1 heterocycles. The Balaban J connectivity index is 2.63. The van der Waals surface area contributed by atoms with E-state index in [-0.39, 0.29) is 11.9 Å². The van der Waals surface area contributed by atoms with Crippen molar-refractivity contribution in [2.75, 3.05) is 13.1 Å². The van der Waals surface area contributed by atoms with E-state index in [1.54, 1.807) is 0 Å². The Bertz CT molecular complexity index is 279. The fraction of sp³-hybridized carbons (Fsp3) is 0.933. The summed E-state index contributed by atoms with van der Waals surface area (Å²) in [6, 6.07) is 0.571. The van der Waals surface area contributed by atoms with Gasteiger partial charge in [0.25, 0.3) is 0 Å². The highest BCUT2D eigenvalue weighted by atomic mass is 16.2. The molecule has 0 radical (unpaired) electrons. The van der Waals surface area contributed by atoms with E-state index in [0.717, 1.165) is 19.4 Å². The molecule has 19 heavy (non-hydrogen) atoms. The predicted molar refractivity (Wildman–Crippen MR) is 79.9 cm³/mol. The maximum Gasteiger partial charge on any atom is 0.237 e. The zero-order valence-corrected chi connectivity index (χ0v) is 13.0. The van der Waals surface area contributed by atoms with Crippen LogP contribution in [0, 0.1) is 5.92 Å². The summed E-state index contributed by atoms with van der Waals surface area (Å²) < 4.78 is 0. The second-order valence-corrected chi connectivity index (χ2v) is 5.86. The highest BCUT2D eigenvalue weighted by molar-refractivity contribution is 5.81. The number of likely N-dealkylation sites (tertiary alicyclic amines) is 1. The highest BCUT2D eigenvalue weighted by Crippen LogP contribution is 2.24. The van der Waals surface area contributed by atoms with Crippen LogP contribution in [-0.2, 0) is 4.79 Å². The number of carbonyl (C=O) groups is 1. The predicted octanol–water partition coefficient (Wildman–Crippen LogP) is 1.74. The molecular weight excluding hydrogens is 238 g/mol. The average molecular weight is 269 g/mol. The summed E-state index contributed by atoms with van der Waals surface area (Å²) in [4.78, 5) is 14.6. The quantitative estimate of drug-likeness (QED) is 0.772. The van der Waals surface area contributed by atoms with Crippen LogP contribution in [0.3, 0.4) is 0 Å². The lowest BCUT2D eigenvalue weighted by Gasteiger charge is -2.42. The van der Waals surface area contributed by atoms with Crippen LogP contribution < -0.4 is 11.1 Å². The zero-order chi connectivity index (χ0) is 14.4. The first-order valence-corrected chi connectivity index (χ1v) is 7.81. The Kier molecular flexibility index (Phi) is 6.80. The van der Waals surface area contributed by atoms with Crippen molar-refractivity contribution in [3.8, 4) is 0 Å². The third-order valence-electron chi connectivity index (χ3n) is 4.61. The average Bonchev–Trinajstić information content (AvgIpc) is 2.43. The van der Waals surface area contributed by atoms with Gasteiger partial charge in [0, 0.05) is 18.6 Å². The molecule has 4 heteroatoms. The number of nitrogens with zero attached hydrogens (tertiary/aromatic N) is 1. The molecule has 3 atom stereocenters.